The molecule has 0 fully saturated rings. The van der Waals surface area contributed by atoms with Crippen molar-refractivity contribution in [1.82, 2.24) is 4.98 Å². The molecule has 0 bridgehead atoms. The molecule has 0 aliphatic carbocycles. The van der Waals surface area contributed by atoms with Crippen molar-refractivity contribution in [3.8, 4) is 11.5 Å². The third-order valence-corrected chi connectivity index (χ3v) is 4.81. The number of hydrogen-bond donors (Lipinski definition) is 2. The number of carbonyl (C=O) groups excluding carboxylic acids is 2. The zero-order valence-electron chi connectivity index (χ0n) is 15.5. The topological polar surface area (TPSA) is 115 Å². The number of esters is 1. The second kappa shape index (κ2) is 9.29. The van der Waals surface area contributed by atoms with Crippen LogP contribution in [0.15, 0.2) is 24.3 Å². The summed E-state index contributed by atoms with van der Waals surface area (Å²) in [6.45, 7) is 3.55. The highest BCUT2D eigenvalue weighted by Crippen LogP contribution is 2.28. The second-order valence-corrected chi connectivity index (χ2v) is 6.80. The Kier molecular flexibility index (Phi) is 7.07. The zero-order valence-corrected chi connectivity index (χ0v) is 17.1. The Morgan fingerprint density at radius 2 is 2.14 bits per heavy atom. The van der Waals surface area contributed by atoms with Crippen LogP contribution in [0.2, 0.25) is 0 Å². The van der Waals surface area contributed by atoms with Crippen LogP contribution in [0.1, 0.15) is 27.9 Å². The number of aryl methyl sites for hydroxylation is 1. The number of nitrogens with zero attached hydrogens (tertiary/aromatic N) is 2. The first-order valence-corrected chi connectivity index (χ1v) is 9.34. The Morgan fingerprint density at radius 1 is 1.43 bits per heavy atom. The Hall–Kier alpha value is -2.98. The minimum absolute atomic E-state index is 0.0134. The molecule has 0 saturated carbocycles. The largest absolute Gasteiger partial charge is 0.504 e. The fourth-order valence-electron chi connectivity index (χ4n) is 2.20. The van der Waals surface area contributed by atoms with Crippen molar-refractivity contribution in [2.24, 2.45) is 5.73 Å². The molecule has 0 atom stereocenters. The summed E-state index contributed by atoms with van der Waals surface area (Å²) in [7, 11) is 1.42. The van der Waals surface area contributed by atoms with Crippen LogP contribution in [0, 0.1) is 6.92 Å². The number of aromatic hydroxyl groups is 1. The van der Waals surface area contributed by atoms with Crippen molar-refractivity contribution >= 4 is 51.8 Å². The molecule has 0 saturated heterocycles. The van der Waals surface area contributed by atoms with Crippen molar-refractivity contribution in [2.45, 2.75) is 13.8 Å². The van der Waals surface area contributed by atoms with Gasteiger partial charge in [0.1, 0.15) is 4.88 Å². The van der Waals surface area contributed by atoms with Gasteiger partial charge in [-0.1, -0.05) is 17.4 Å². The number of aromatic nitrogens is 1. The van der Waals surface area contributed by atoms with Gasteiger partial charge in [-0.3, -0.25) is 4.79 Å². The van der Waals surface area contributed by atoms with Crippen LogP contribution in [-0.4, -0.2) is 40.8 Å². The SMILES string of the molecule is CCOC(=O)c1sc(N(C(=O)C=Cc2ccc(O)c(OC)c2)C(N)=S)nc1C. The lowest BCUT2D eigenvalue weighted by atomic mass is 10.2. The van der Waals surface area contributed by atoms with Crippen molar-refractivity contribution in [2.75, 3.05) is 18.6 Å². The van der Waals surface area contributed by atoms with Gasteiger partial charge >= 0.3 is 5.97 Å². The highest BCUT2D eigenvalue weighted by molar-refractivity contribution is 7.80. The Morgan fingerprint density at radius 3 is 2.75 bits per heavy atom. The third-order valence-electron chi connectivity index (χ3n) is 3.50. The first-order chi connectivity index (χ1) is 13.3. The van der Waals surface area contributed by atoms with Crippen LogP contribution in [0.5, 0.6) is 11.5 Å². The third kappa shape index (κ3) is 4.84. The maximum atomic E-state index is 12.6. The molecule has 0 aliphatic rings. The van der Waals surface area contributed by atoms with Gasteiger partial charge < -0.3 is 20.3 Å². The molecule has 0 unspecified atom stereocenters. The molecule has 2 rings (SSSR count). The molecule has 28 heavy (non-hydrogen) atoms. The molecule has 1 amide bonds. The number of benzene rings is 1. The Labute approximate surface area is 171 Å². The van der Waals surface area contributed by atoms with Crippen molar-refractivity contribution in [3.63, 3.8) is 0 Å². The number of phenols is 1. The van der Waals surface area contributed by atoms with E-state index in [4.69, 9.17) is 27.4 Å². The van der Waals surface area contributed by atoms with E-state index in [0.717, 1.165) is 16.2 Å². The molecule has 148 valence electrons. The first kappa shape index (κ1) is 21.3. The summed E-state index contributed by atoms with van der Waals surface area (Å²) in [5, 5.41) is 9.60. The number of amides is 1. The number of thiazole rings is 1. The minimum atomic E-state index is -0.538. The number of nitrogens with two attached hydrogens (primary N) is 1. The summed E-state index contributed by atoms with van der Waals surface area (Å²) in [4.78, 5) is 30.1. The van der Waals surface area contributed by atoms with E-state index in [-0.39, 0.29) is 33.2 Å². The summed E-state index contributed by atoms with van der Waals surface area (Å²) in [6.07, 6.45) is 2.77. The second-order valence-electron chi connectivity index (χ2n) is 5.41. The zero-order chi connectivity index (χ0) is 20.8. The van der Waals surface area contributed by atoms with Gasteiger partial charge in [-0.2, -0.15) is 0 Å². The normalized spacial score (nSPS) is 10.7. The fraction of sp³-hybridized carbons (Fsp3) is 0.222. The average molecular weight is 422 g/mol. The maximum absolute atomic E-state index is 12.6. The molecule has 0 aliphatic heterocycles. The van der Waals surface area contributed by atoms with Gasteiger partial charge in [0.15, 0.2) is 21.7 Å². The molecule has 1 aromatic carbocycles. The molecule has 0 radical (unpaired) electrons. The molecule has 1 heterocycles. The Balaban J connectivity index is 2.29. The monoisotopic (exact) mass is 421 g/mol. The number of ether oxygens (including phenoxy) is 2. The summed E-state index contributed by atoms with van der Waals surface area (Å²) in [5.41, 5.74) is 6.73. The van der Waals surface area contributed by atoms with E-state index in [2.05, 4.69) is 4.98 Å². The van der Waals surface area contributed by atoms with E-state index in [0.29, 0.717) is 11.3 Å². The lowest BCUT2D eigenvalue weighted by molar-refractivity contribution is -0.113. The molecular weight excluding hydrogens is 402 g/mol. The molecular formula is C18H19N3O5S2. The van der Waals surface area contributed by atoms with E-state index in [1.54, 1.807) is 26.0 Å². The number of anilines is 1. The number of hydrogen-bond acceptors (Lipinski definition) is 8. The maximum Gasteiger partial charge on any atom is 0.350 e. The number of methoxy groups -OCH3 is 1. The molecule has 2 aromatic rings. The van der Waals surface area contributed by atoms with Crippen LogP contribution in [-0.2, 0) is 9.53 Å². The number of carbonyl (C=O) groups is 2. The predicted octanol–water partition coefficient (Wildman–Crippen LogP) is 2.63. The van der Waals surface area contributed by atoms with Gasteiger partial charge in [0.25, 0.3) is 5.91 Å². The van der Waals surface area contributed by atoms with E-state index in [1.165, 1.54) is 25.3 Å². The van der Waals surface area contributed by atoms with E-state index >= 15 is 0 Å². The highest BCUT2D eigenvalue weighted by Gasteiger charge is 2.24. The van der Waals surface area contributed by atoms with E-state index < -0.39 is 11.9 Å². The van der Waals surface area contributed by atoms with Gasteiger partial charge in [-0.15, -0.1) is 0 Å². The predicted molar refractivity (Wildman–Crippen MR) is 111 cm³/mol. The lowest BCUT2D eigenvalue weighted by Gasteiger charge is -2.15. The molecule has 10 heteroatoms. The Bertz CT molecular complexity index is 939. The smallest absolute Gasteiger partial charge is 0.350 e. The van der Waals surface area contributed by atoms with Crippen molar-refractivity contribution in [1.29, 1.82) is 0 Å². The van der Waals surface area contributed by atoms with E-state index in [1.807, 2.05) is 0 Å². The highest BCUT2D eigenvalue weighted by atomic mass is 32.1. The summed E-state index contributed by atoms with van der Waals surface area (Å²) in [6, 6.07) is 4.62. The number of rotatable bonds is 6. The lowest BCUT2D eigenvalue weighted by Crippen LogP contribution is -2.39. The summed E-state index contributed by atoms with van der Waals surface area (Å²) in [5.74, 6) is -0.801. The molecule has 3 N–H and O–H groups in total. The number of thiocarbonyl (C=S) groups is 1. The summed E-state index contributed by atoms with van der Waals surface area (Å²) < 4.78 is 10.0. The molecule has 1 aromatic heterocycles. The van der Waals surface area contributed by atoms with Crippen LogP contribution in [0.3, 0.4) is 0 Å². The van der Waals surface area contributed by atoms with Crippen LogP contribution in [0.25, 0.3) is 6.08 Å². The van der Waals surface area contributed by atoms with Gasteiger partial charge in [0.05, 0.1) is 19.4 Å². The molecule has 0 spiro atoms. The minimum Gasteiger partial charge on any atom is -0.504 e. The number of phenolic OH excluding ortho intramolecular Hbond substituents is 1. The average Bonchev–Trinajstić information content (AvgIpc) is 3.02. The van der Waals surface area contributed by atoms with Gasteiger partial charge in [-0.25, -0.2) is 14.7 Å². The van der Waals surface area contributed by atoms with E-state index in [9.17, 15) is 14.7 Å². The summed E-state index contributed by atoms with van der Waals surface area (Å²) >= 11 is 5.95. The van der Waals surface area contributed by atoms with Crippen LogP contribution < -0.4 is 15.4 Å². The van der Waals surface area contributed by atoms with Gasteiger partial charge in [0.2, 0.25) is 0 Å². The fourth-order valence-corrected chi connectivity index (χ4v) is 3.42. The van der Waals surface area contributed by atoms with Crippen molar-refractivity contribution in [3.05, 3.63) is 40.4 Å². The van der Waals surface area contributed by atoms with Gasteiger partial charge in [0, 0.05) is 6.08 Å². The van der Waals surface area contributed by atoms with Crippen LogP contribution in [0.4, 0.5) is 5.13 Å². The first-order valence-electron chi connectivity index (χ1n) is 8.11. The quantitative estimate of drug-likeness (QED) is 0.416. The van der Waals surface area contributed by atoms with Crippen LogP contribution >= 0.6 is 23.6 Å². The van der Waals surface area contributed by atoms with Gasteiger partial charge in [-0.05, 0) is 49.8 Å². The van der Waals surface area contributed by atoms with Crippen molar-refractivity contribution < 1.29 is 24.2 Å². The standard InChI is InChI=1S/C18H19N3O5S2/c1-4-26-16(24)15-10(2)20-18(28-15)21(17(19)27)14(23)8-6-11-5-7-12(22)13(9-11)25-3/h5-9,22H,4H2,1-3H3,(H2,19,27). The molecule has 8 nitrogen and oxygen atoms in total.